The SMILES string of the molecule is CNC1=C(C(=O)O)C(=O)CO1. The third-order valence-electron chi connectivity index (χ3n) is 1.29. The van der Waals surface area contributed by atoms with Crippen molar-refractivity contribution in [3.63, 3.8) is 0 Å². The van der Waals surface area contributed by atoms with Crippen molar-refractivity contribution in [3.05, 3.63) is 11.5 Å². The standard InChI is InChI=1S/C6H7NO4/c1-7-5-4(6(9)10)3(8)2-11-5/h7H,2H2,1H3,(H,9,10). The lowest BCUT2D eigenvalue weighted by Crippen LogP contribution is -2.14. The second-order valence-corrected chi connectivity index (χ2v) is 1.97. The van der Waals surface area contributed by atoms with Crippen LogP contribution in [0.4, 0.5) is 0 Å². The second-order valence-electron chi connectivity index (χ2n) is 1.97. The minimum atomic E-state index is -1.25. The summed E-state index contributed by atoms with van der Waals surface area (Å²) in [6.45, 7) is -0.183. The number of nitrogens with one attached hydrogen (secondary N) is 1. The van der Waals surface area contributed by atoms with Gasteiger partial charge in [0, 0.05) is 7.05 Å². The number of hydrogen-bond donors (Lipinski definition) is 2. The lowest BCUT2D eigenvalue weighted by molar-refractivity contribution is -0.134. The van der Waals surface area contributed by atoms with Gasteiger partial charge in [-0.1, -0.05) is 0 Å². The number of rotatable bonds is 2. The monoisotopic (exact) mass is 157 g/mol. The minimum absolute atomic E-state index is 0.0440. The molecule has 0 aromatic carbocycles. The summed E-state index contributed by atoms with van der Waals surface area (Å²) < 4.78 is 4.73. The lowest BCUT2D eigenvalue weighted by atomic mass is 10.2. The summed E-state index contributed by atoms with van der Waals surface area (Å²) in [7, 11) is 1.50. The summed E-state index contributed by atoms with van der Waals surface area (Å²) in [5.41, 5.74) is -0.299. The van der Waals surface area contributed by atoms with Gasteiger partial charge < -0.3 is 15.2 Å². The highest BCUT2D eigenvalue weighted by atomic mass is 16.5. The van der Waals surface area contributed by atoms with E-state index >= 15 is 0 Å². The fraction of sp³-hybridized carbons (Fsp3) is 0.333. The highest BCUT2D eigenvalue weighted by Gasteiger charge is 2.29. The Balaban J connectivity index is 2.99. The van der Waals surface area contributed by atoms with Gasteiger partial charge >= 0.3 is 5.97 Å². The zero-order chi connectivity index (χ0) is 8.43. The molecule has 0 aromatic heterocycles. The molecular formula is C6H7NO4. The van der Waals surface area contributed by atoms with Crippen LogP contribution >= 0.6 is 0 Å². The topological polar surface area (TPSA) is 75.6 Å². The molecule has 0 amide bonds. The molecule has 0 unspecified atom stereocenters. The minimum Gasteiger partial charge on any atom is -0.477 e. The molecular weight excluding hydrogens is 150 g/mol. The average molecular weight is 157 g/mol. The van der Waals surface area contributed by atoms with Crippen molar-refractivity contribution in [2.45, 2.75) is 0 Å². The number of ether oxygens (including phenoxy) is 1. The van der Waals surface area contributed by atoms with Gasteiger partial charge in [-0.25, -0.2) is 4.79 Å². The number of aliphatic carboxylic acids is 1. The van der Waals surface area contributed by atoms with Gasteiger partial charge in [-0.05, 0) is 0 Å². The van der Waals surface area contributed by atoms with Gasteiger partial charge in [-0.15, -0.1) is 0 Å². The predicted octanol–water partition coefficient (Wildman–Crippen LogP) is -0.899. The molecule has 0 atom stereocenters. The van der Waals surface area contributed by atoms with E-state index in [1.54, 1.807) is 0 Å². The van der Waals surface area contributed by atoms with E-state index < -0.39 is 11.8 Å². The zero-order valence-corrected chi connectivity index (χ0v) is 5.88. The van der Waals surface area contributed by atoms with Crippen LogP contribution in [0.1, 0.15) is 0 Å². The van der Waals surface area contributed by atoms with E-state index in [9.17, 15) is 9.59 Å². The second kappa shape index (κ2) is 2.61. The van der Waals surface area contributed by atoms with Gasteiger partial charge in [0.05, 0.1) is 0 Å². The van der Waals surface area contributed by atoms with E-state index in [-0.39, 0.29) is 18.1 Å². The van der Waals surface area contributed by atoms with Crippen LogP contribution in [0.5, 0.6) is 0 Å². The van der Waals surface area contributed by atoms with Crippen molar-refractivity contribution in [2.24, 2.45) is 0 Å². The van der Waals surface area contributed by atoms with Gasteiger partial charge in [0.2, 0.25) is 11.7 Å². The molecule has 0 bridgehead atoms. The fourth-order valence-electron chi connectivity index (χ4n) is 0.822. The quantitative estimate of drug-likeness (QED) is 0.508. The van der Waals surface area contributed by atoms with E-state index in [1.165, 1.54) is 7.05 Å². The third-order valence-corrected chi connectivity index (χ3v) is 1.29. The molecule has 0 radical (unpaired) electrons. The van der Waals surface area contributed by atoms with E-state index in [0.29, 0.717) is 0 Å². The van der Waals surface area contributed by atoms with Crippen LogP contribution in [0.3, 0.4) is 0 Å². The average Bonchev–Trinajstić information content (AvgIpc) is 2.30. The first-order valence-electron chi connectivity index (χ1n) is 2.98. The molecule has 0 aromatic rings. The van der Waals surface area contributed by atoms with Crippen molar-refractivity contribution in [2.75, 3.05) is 13.7 Å². The molecule has 11 heavy (non-hydrogen) atoms. The van der Waals surface area contributed by atoms with Gasteiger partial charge in [0.25, 0.3) is 0 Å². The fourth-order valence-corrected chi connectivity index (χ4v) is 0.822. The summed E-state index contributed by atoms with van der Waals surface area (Å²) in [5, 5.41) is 11.0. The Morgan fingerprint density at radius 1 is 1.73 bits per heavy atom. The first kappa shape index (κ1) is 7.59. The van der Waals surface area contributed by atoms with Crippen molar-refractivity contribution in [3.8, 4) is 0 Å². The first-order valence-corrected chi connectivity index (χ1v) is 2.98. The van der Waals surface area contributed by atoms with Crippen molar-refractivity contribution in [1.82, 2.24) is 5.32 Å². The maximum absolute atomic E-state index is 10.8. The summed E-state index contributed by atoms with van der Waals surface area (Å²) in [4.78, 5) is 21.2. The number of hydrogen-bond acceptors (Lipinski definition) is 4. The van der Waals surface area contributed by atoms with Crippen LogP contribution in [-0.2, 0) is 14.3 Å². The Kier molecular flexibility index (Phi) is 1.80. The first-order chi connectivity index (χ1) is 5.16. The molecule has 1 aliphatic heterocycles. The predicted molar refractivity (Wildman–Crippen MR) is 34.7 cm³/mol. The molecule has 1 heterocycles. The van der Waals surface area contributed by atoms with Crippen LogP contribution < -0.4 is 5.32 Å². The number of carbonyl (C=O) groups excluding carboxylic acids is 1. The summed E-state index contributed by atoms with van der Waals surface area (Å²) in [6.07, 6.45) is 0. The molecule has 60 valence electrons. The molecule has 0 spiro atoms. The van der Waals surface area contributed by atoms with Gasteiger partial charge in [-0.3, -0.25) is 4.79 Å². The molecule has 0 saturated carbocycles. The van der Waals surface area contributed by atoms with Gasteiger partial charge in [0.15, 0.2) is 12.2 Å². The van der Waals surface area contributed by atoms with Crippen LogP contribution in [0.25, 0.3) is 0 Å². The Morgan fingerprint density at radius 3 is 2.73 bits per heavy atom. The summed E-state index contributed by atoms with van der Waals surface area (Å²) in [5.74, 6) is -1.71. The zero-order valence-electron chi connectivity index (χ0n) is 5.88. The number of Topliss-reactive ketones (excluding diaryl/α,β-unsaturated/α-hetero) is 1. The van der Waals surface area contributed by atoms with Crippen LogP contribution in [0.15, 0.2) is 11.5 Å². The smallest absolute Gasteiger partial charge is 0.344 e. The van der Waals surface area contributed by atoms with Crippen molar-refractivity contribution in [1.29, 1.82) is 0 Å². The molecule has 0 aliphatic carbocycles. The lowest BCUT2D eigenvalue weighted by Gasteiger charge is -1.99. The number of carbonyl (C=O) groups is 2. The molecule has 5 nitrogen and oxygen atoms in total. The van der Waals surface area contributed by atoms with E-state index in [2.05, 4.69) is 5.32 Å². The number of ketones is 1. The van der Waals surface area contributed by atoms with Crippen molar-refractivity contribution >= 4 is 11.8 Å². The molecule has 5 heteroatoms. The normalized spacial score (nSPS) is 16.6. The molecule has 1 aliphatic rings. The third kappa shape index (κ3) is 1.17. The van der Waals surface area contributed by atoms with Gasteiger partial charge in [-0.2, -0.15) is 0 Å². The van der Waals surface area contributed by atoms with Crippen molar-refractivity contribution < 1.29 is 19.4 Å². The molecule has 0 fully saturated rings. The number of carboxylic acids is 1. The maximum atomic E-state index is 10.8. The molecule has 0 saturated heterocycles. The Labute approximate surface area is 62.6 Å². The largest absolute Gasteiger partial charge is 0.477 e. The highest BCUT2D eigenvalue weighted by molar-refractivity contribution is 6.18. The Morgan fingerprint density at radius 2 is 2.36 bits per heavy atom. The highest BCUT2D eigenvalue weighted by Crippen LogP contribution is 2.12. The van der Waals surface area contributed by atoms with E-state index in [1.807, 2.05) is 0 Å². The van der Waals surface area contributed by atoms with Gasteiger partial charge in [0.1, 0.15) is 0 Å². The van der Waals surface area contributed by atoms with E-state index in [4.69, 9.17) is 9.84 Å². The summed E-state index contributed by atoms with van der Waals surface area (Å²) >= 11 is 0. The molecule has 2 N–H and O–H groups in total. The van der Waals surface area contributed by atoms with Crippen LogP contribution in [0.2, 0.25) is 0 Å². The Hall–Kier alpha value is -1.52. The van der Waals surface area contributed by atoms with Crippen LogP contribution in [0, 0.1) is 0 Å². The Bertz CT molecular complexity index is 243. The summed E-state index contributed by atoms with van der Waals surface area (Å²) in [6, 6.07) is 0. The molecule has 1 rings (SSSR count). The van der Waals surface area contributed by atoms with E-state index in [0.717, 1.165) is 0 Å². The van der Waals surface area contributed by atoms with Crippen LogP contribution in [-0.4, -0.2) is 30.5 Å². The maximum Gasteiger partial charge on any atom is 0.344 e. The number of carboxylic acid groups (broad SMARTS) is 1.